The standard InChI is InChI=1S/C15H16N2O2S/c1-11-4-6-12(7-5-11)16-15(18)17-8-10-20-14(17)13-3-2-9-19-13/h2-7,9,14H,8,10H2,1H3,(H,16,18)/t14-/m0/s1. The second kappa shape index (κ2) is 5.63. The Balaban J connectivity index is 1.71. The van der Waals surface area contributed by atoms with Crippen molar-refractivity contribution in [2.75, 3.05) is 17.6 Å². The van der Waals surface area contributed by atoms with Crippen LogP contribution in [0.1, 0.15) is 16.7 Å². The number of hydrogen-bond donors (Lipinski definition) is 1. The Morgan fingerprint density at radius 1 is 1.35 bits per heavy atom. The maximum atomic E-state index is 12.4. The molecule has 1 aromatic heterocycles. The summed E-state index contributed by atoms with van der Waals surface area (Å²) < 4.78 is 5.42. The number of urea groups is 1. The van der Waals surface area contributed by atoms with Gasteiger partial charge >= 0.3 is 6.03 Å². The quantitative estimate of drug-likeness (QED) is 0.912. The Bertz CT molecular complexity index is 580. The Morgan fingerprint density at radius 2 is 2.15 bits per heavy atom. The topological polar surface area (TPSA) is 45.5 Å². The van der Waals surface area contributed by atoms with Crippen molar-refractivity contribution in [3.8, 4) is 0 Å². The van der Waals surface area contributed by atoms with E-state index in [-0.39, 0.29) is 11.4 Å². The molecule has 2 aromatic rings. The van der Waals surface area contributed by atoms with Gasteiger partial charge in [-0.2, -0.15) is 0 Å². The average Bonchev–Trinajstić information content (AvgIpc) is 3.11. The summed E-state index contributed by atoms with van der Waals surface area (Å²) in [6, 6.07) is 11.5. The third-order valence-corrected chi connectivity index (χ3v) is 4.46. The van der Waals surface area contributed by atoms with E-state index in [1.54, 1.807) is 18.0 Å². The minimum absolute atomic E-state index is 0.0320. The van der Waals surface area contributed by atoms with E-state index in [0.717, 1.165) is 23.7 Å². The van der Waals surface area contributed by atoms with Gasteiger partial charge in [-0.3, -0.25) is 0 Å². The molecule has 1 aliphatic rings. The first-order chi connectivity index (χ1) is 9.74. The normalized spacial score (nSPS) is 18.2. The van der Waals surface area contributed by atoms with Gasteiger partial charge in [0.05, 0.1) is 6.26 Å². The highest BCUT2D eigenvalue weighted by Gasteiger charge is 2.32. The van der Waals surface area contributed by atoms with E-state index < -0.39 is 0 Å². The largest absolute Gasteiger partial charge is 0.466 e. The van der Waals surface area contributed by atoms with Crippen molar-refractivity contribution in [3.05, 3.63) is 54.0 Å². The number of rotatable bonds is 2. The molecule has 1 N–H and O–H groups in total. The summed E-state index contributed by atoms with van der Waals surface area (Å²) in [6.07, 6.45) is 1.64. The number of amides is 2. The summed E-state index contributed by atoms with van der Waals surface area (Å²) in [6.45, 7) is 2.75. The fourth-order valence-electron chi connectivity index (χ4n) is 2.18. The Labute approximate surface area is 122 Å². The van der Waals surface area contributed by atoms with Gasteiger partial charge in [0.15, 0.2) is 0 Å². The minimum Gasteiger partial charge on any atom is -0.466 e. The number of anilines is 1. The molecule has 1 aromatic carbocycles. The van der Waals surface area contributed by atoms with Gasteiger partial charge in [-0.15, -0.1) is 11.8 Å². The number of carbonyl (C=O) groups is 1. The number of nitrogens with zero attached hydrogens (tertiary/aromatic N) is 1. The molecular formula is C15H16N2O2S. The Morgan fingerprint density at radius 3 is 2.85 bits per heavy atom. The van der Waals surface area contributed by atoms with Crippen LogP contribution < -0.4 is 5.32 Å². The molecular weight excluding hydrogens is 272 g/mol. The molecule has 1 fully saturated rings. The molecule has 0 spiro atoms. The highest BCUT2D eigenvalue weighted by atomic mass is 32.2. The van der Waals surface area contributed by atoms with Crippen molar-refractivity contribution in [2.24, 2.45) is 0 Å². The third-order valence-electron chi connectivity index (χ3n) is 3.24. The molecule has 1 saturated heterocycles. The lowest BCUT2D eigenvalue weighted by Gasteiger charge is -2.22. The predicted octanol–water partition coefficient (Wildman–Crippen LogP) is 3.87. The van der Waals surface area contributed by atoms with E-state index in [1.165, 1.54) is 5.56 Å². The van der Waals surface area contributed by atoms with Crippen molar-refractivity contribution in [1.29, 1.82) is 0 Å². The third kappa shape index (κ3) is 2.67. The van der Waals surface area contributed by atoms with E-state index in [1.807, 2.05) is 48.2 Å². The molecule has 3 rings (SSSR count). The van der Waals surface area contributed by atoms with Crippen LogP contribution >= 0.6 is 11.8 Å². The second-order valence-electron chi connectivity index (χ2n) is 4.73. The lowest BCUT2D eigenvalue weighted by molar-refractivity contribution is 0.210. The van der Waals surface area contributed by atoms with Crippen molar-refractivity contribution < 1.29 is 9.21 Å². The van der Waals surface area contributed by atoms with Gasteiger partial charge < -0.3 is 14.6 Å². The molecule has 104 valence electrons. The molecule has 1 aliphatic heterocycles. The molecule has 0 aliphatic carbocycles. The monoisotopic (exact) mass is 288 g/mol. The van der Waals surface area contributed by atoms with Crippen LogP contribution in [0.3, 0.4) is 0 Å². The Kier molecular flexibility index (Phi) is 3.69. The van der Waals surface area contributed by atoms with Gasteiger partial charge in [0, 0.05) is 18.0 Å². The number of furan rings is 1. The van der Waals surface area contributed by atoms with Gasteiger partial charge in [0.25, 0.3) is 0 Å². The number of hydrogen-bond acceptors (Lipinski definition) is 3. The van der Waals surface area contributed by atoms with Crippen LogP contribution in [0.5, 0.6) is 0 Å². The van der Waals surface area contributed by atoms with E-state index in [4.69, 9.17) is 4.42 Å². The first kappa shape index (κ1) is 13.1. The number of benzene rings is 1. The number of nitrogens with one attached hydrogen (secondary N) is 1. The van der Waals surface area contributed by atoms with Crippen LogP contribution in [0.4, 0.5) is 10.5 Å². The van der Waals surface area contributed by atoms with Crippen LogP contribution in [-0.2, 0) is 0 Å². The zero-order valence-electron chi connectivity index (χ0n) is 11.2. The molecule has 4 nitrogen and oxygen atoms in total. The summed E-state index contributed by atoms with van der Waals surface area (Å²) in [7, 11) is 0. The predicted molar refractivity (Wildman–Crippen MR) is 80.8 cm³/mol. The van der Waals surface area contributed by atoms with Gasteiger partial charge in [-0.25, -0.2) is 4.79 Å². The van der Waals surface area contributed by atoms with Crippen LogP contribution in [-0.4, -0.2) is 23.2 Å². The maximum Gasteiger partial charge on any atom is 0.323 e. The molecule has 2 amide bonds. The lowest BCUT2D eigenvalue weighted by atomic mass is 10.2. The van der Waals surface area contributed by atoms with Gasteiger partial charge in [0.2, 0.25) is 0 Å². The lowest BCUT2D eigenvalue weighted by Crippen LogP contribution is -2.34. The molecule has 0 radical (unpaired) electrons. The molecule has 2 heterocycles. The zero-order chi connectivity index (χ0) is 13.9. The smallest absolute Gasteiger partial charge is 0.323 e. The SMILES string of the molecule is Cc1ccc(NC(=O)N2CCS[C@H]2c2ccco2)cc1. The van der Waals surface area contributed by atoms with Crippen molar-refractivity contribution in [3.63, 3.8) is 0 Å². The van der Waals surface area contributed by atoms with Crippen LogP contribution in [0.15, 0.2) is 47.1 Å². The summed E-state index contributed by atoms with van der Waals surface area (Å²) >= 11 is 1.72. The number of carbonyl (C=O) groups excluding carboxylic acids is 1. The molecule has 0 saturated carbocycles. The molecule has 20 heavy (non-hydrogen) atoms. The second-order valence-corrected chi connectivity index (χ2v) is 5.92. The van der Waals surface area contributed by atoms with Crippen LogP contribution in [0, 0.1) is 6.92 Å². The van der Waals surface area contributed by atoms with E-state index >= 15 is 0 Å². The summed E-state index contributed by atoms with van der Waals surface area (Å²) in [5, 5.41) is 2.90. The van der Waals surface area contributed by atoms with E-state index in [9.17, 15) is 4.79 Å². The van der Waals surface area contributed by atoms with E-state index in [2.05, 4.69) is 5.32 Å². The van der Waals surface area contributed by atoms with Crippen LogP contribution in [0.25, 0.3) is 0 Å². The molecule has 5 heteroatoms. The maximum absolute atomic E-state index is 12.4. The van der Waals surface area contributed by atoms with E-state index in [0.29, 0.717) is 0 Å². The van der Waals surface area contributed by atoms with Crippen LogP contribution in [0.2, 0.25) is 0 Å². The van der Waals surface area contributed by atoms with Gasteiger partial charge in [-0.1, -0.05) is 17.7 Å². The highest BCUT2D eigenvalue weighted by Crippen LogP contribution is 2.38. The first-order valence-corrected chi connectivity index (χ1v) is 7.58. The average molecular weight is 288 g/mol. The molecule has 0 bridgehead atoms. The van der Waals surface area contributed by atoms with Crippen molar-refractivity contribution in [1.82, 2.24) is 4.90 Å². The molecule has 1 atom stereocenters. The Hall–Kier alpha value is -1.88. The fraction of sp³-hybridized carbons (Fsp3) is 0.267. The summed E-state index contributed by atoms with van der Waals surface area (Å²) in [5.41, 5.74) is 1.99. The van der Waals surface area contributed by atoms with Crippen molar-refractivity contribution >= 4 is 23.5 Å². The van der Waals surface area contributed by atoms with Gasteiger partial charge in [-0.05, 0) is 31.2 Å². The minimum atomic E-state index is -0.0831. The number of aryl methyl sites for hydroxylation is 1. The first-order valence-electron chi connectivity index (χ1n) is 6.53. The summed E-state index contributed by atoms with van der Waals surface area (Å²) in [5.74, 6) is 1.75. The fourth-order valence-corrected chi connectivity index (χ4v) is 3.38. The summed E-state index contributed by atoms with van der Waals surface area (Å²) in [4.78, 5) is 14.2. The molecule has 0 unspecified atom stereocenters. The van der Waals surface area contributed by atoms with Crippen molar-refractivity contribution in [2.45, 2.75) is 12.3 Å². The highest BCUT2D eigenvalue weighted by molar-refractivity contribution is 7.99. The zero-order valence-corrected chi connectivity index (χ0v) is 12.0. The van der Waals surface area contributed by atoms with Gasteiger partial charge in [0.1, 0.15) is 11.1 Å². The number of thioether (sulfide) groups is 1.